The van der Waals surface area contributed by atoms with E-state index in [2.05, 4.69) is 27.0 Å². The molecule has 5 rings (SSSR count). The van der Waals surface area contributed by atoms with Crippen molar-refractivity contribution in [2.45, 2.75) is 44.7 Å². The van der Waals surface area contributed by atoms with E-state index in [0.29, 0.717) is 43.5 Å². The fourth-order valence-electron chi connectivity index (χ4n) is 4.60. The summed E-state index contributed by atoms with van der Waals surface area (Å²) in [5, 5.41) is 4.49. The van der Waals surface area contributed by atoms with Crippen molar-refractivity contribution in [2.75, 3.05) is 5.32 Å². The van der Waals surface area contributed by atoms with Crippen LogP contribution in [0.5, 0.6) is 0 Å². The number of nitrogens with one attached hydrogen (secondary N) is 5. The molecular formula is C22H21ClF2N6O3. The highest BCUT2D eigenvalue weighted by Crippen LogP contribution is 2.41. The summed E-state index contributed by atoms with van der Waals surface area (Å²) in [5.41, 5.74) is 9.44. The number of amides is 2. The summed E-state index contributed by atoms with van der Waals surface area (Å²) >= 11 is 5.61. The van der Waals surface area contributed by atoms with E-state index in [1.807, 2.05) is 0 Å². The molecule has 178 valence electrons. The van der Waals surface area contributed by atoms with Gasteiger partial charge in [0.05, 0.1) is 22.5 Å². The average Bonchev–Trinajstić information content (AvgIpc) is 3.16. The monoisotopic (exact) mass is 490 g/mol. The zero-order chi connectivity index (χ0) is 24.2. The largest absolute Gasteiger partial charge is 0.340 e. The topological polar surface area (TPSA) is 116 Å². The Kier molecular flexibility index (Phi) is 5.33. The molecule has 0 unspecified atom stereocenters. The van der Waals surface area contributed by atoms with Crippen molar-refractivity contribution in [1.29, 1.82) is 0 Å². The molecule has 0 saturated heterocycles. The number of benzene rings is 1. The third kappa shape index (κ3) is 3.51. The van der Waals surface area contributed by atoms with E-state index in [-0.39, 0.29) is 16.9 Å². The normalized spacial score (nSPS) is 17.4. The predicted octanol–water partition coefficient (Wildman–Crippen LogP) is 2.21. The lowest BCUT2D eigenvalue weighted by molar-refractivity contribution is -0.117. The van der Waals surface area contributed by atoms with Crippen molar-refractivity contribution in [2.24, 2.45) is 0 Å². The Morgan fingerprint density at radius 1 is 1.21 bits per heavy atom. The van der Waals surface area contributed by atoms with Gasteiger partial charge in [0, 0.05) is 18.4 Å². The summed E-state index contributed by atoms with van der Waals surface area (Å²) < 4.78 is 29.5. The number of halogens is 3. The summed E-state index contributed by atoms with van der Waals surface area (Å²) in [6.07, 6.45) is 4.25. The quantitative estimate of drug-likeness (QED) is 0.241. The summed E-state index contributed by atoms with van der Waals surface area (Å²) in [6, 6.07) is 2.02. The minimum absolute atomic E-state index is 0.151. The maximum atomic E-state index is 14.3. The van der Waals surface area contributed by atoms with Crippen LogP contribution in [0.1, 0.15) is 51.4 Å². The molecule has 0 spiro atoms. The second kappa shape index (κ2) is 8.10. The summed E-state index contributed by atoms with van der Waals surface area (Å²) in [5.74, 6) is -4.22. The first-order valence-electron chi connectivity index (χ1n) is 10.7. The van der Waals surface area contributed by atoms with Crippen molar-refractivity contribution < 1.29 is 23.2 Å². The highest BCUT2D eigenvalue weighted by Gasteiger charge is 2.50. The molecule has 12 heteroatoms. The van der Waals surface area contributed by atoms with Crippen LogP contribution in [0.4, 0.5) is 14.5 Å². The molecular weight excluding hydrogens is 470 g/mol. The molecule has 0 radical (unpaired) electrons. The van der Waals surface area contributed by atoms with Crippen LogP contribution in [0.2, 0.25) is 5.02 Å². The molecule has 1 aromatic heterocycles. The van der Waals surface area contributed by atoms with Crippen molar-refractivity contribution in [3.8, 4) is 0 Å². The second-order valence-electron chi connectivity index (χ2n) is 8.55. The number of carbonyl (C=O) groups is 3. The zero-order valence-corrected chi connectivity index (χ0v) is 18.8. The van der Waals surface area contributed by atoms with Gasteiger partial charge in [0.25, 0.3) is 17.6 Å². The number of anilines is 1. The van der Waals surface area contributed by atoms with Gasteiger partial charge in [-0.1, -0.05) is 11.6 Å². The molecule has 5 N–H and O–H groups in total. The molecule has 1 saturated carbocycles. The molecule has 2 amide bonds. The number of nitrogens with zero attached hydrogens (tertiary/aromatic N) is 1. The number of Topliss-reactive ketones (excluding diaryl/α,β-unsaturated/α-hetero) is 1. The van der Waals surface area contributed by atoms with Crippen LogP contribution in [0.3, 0.4) is 0 Å². The number of hydrogen-bond donors (Lipinski definition) is 5. The van der Waals surface area contributed by atoms with E-state index in [1.54, 1.807) is 17.7 Å². The first kappa shape index (κ1) is 22.4. The highest BCUT2D eigenvalue weighted by molar-refractivity contribution is 6.44. The minimum atomic E-state index is -1.09. The zero-order valence-electron chi connectivity index (χ0n) is 18.1. The molecule has 34 heavy (non-hydrogen) atoms. The number of fused-ring (bicyclic) bond motifs is 1. The van der Waals surface area contributed by atoms with E-state index < -0.39 is 39.8 Å². The lowest BCUT2D eigenvalue weighted by atomic mass is 10.0. The van der Waals surface area contributed by atoms with Crippen LogP contribution >= 0.6 is 11.6 Å². The third-order valence-corrected chi connectivity index (χ3v) is 6.79. The summed E-state index contributed by atoms with van der Waals surface area (Å²) in [6.45, 7) is 2.05. The van der Waals surface area contributed by atoms with Crippen LogP contribution in [0.15, 0.2) is 24.0 Å². The maximum absolute atomic E-state index is 14.3. The highest BCUT2D eigenvalue weighted by atomic mass is 35.5. The van der Waals surface area contributed by atoms with Crippen molar-refractivity contribution in [3.63, 3.8) is 0 Å². The van der Waals surface area contributed by atoms with Crippen LogP contribution in [0.25, 0.3) is 0 Å². The fraction of sp³-hybridized carbons (Fsp3) is 0.318. The average molecular weight is 491 g/mol. The van der Waals surface area contributed by atoms with Gasteiger partial charge in [0.15, 0.2) is 5.82 Å². The molecule has 1 aliphatic carbocycles. The van der Waals surface area contributed by atoms with E-state index in [4.69, 9.17) is 11.6 Å². The van der Waals surface area contributed by atoms with E-state index in [0.717, 1.165) is 17.8 Å². The minimum Gasteiger partial charge on any atom is -0.340 e. The molecule has 3 heterocycles. The maximum Gasteiger partial charge on any atom is 0.293 e. The molecule has 3 aliphatic rings. The van der Waals surface area contributed by atoms with Gasteiger partial charge >= 0.3 is 0 Å². The van der Waals surface area contributed by atoms with E-state index in [1.165, 1.54) is 0 Å². The molecule has 1 aromatic carbocycles. The van der Waals surface area contributed by atoms with Crippen molar-refractivity contribution in [1.82, 2.24) is 26.3 Å². The van der Waals surface area contributed by atoms with Crippen LogP contribution in [0, 0.1) is 18.6 Å². The van der Waals surface area contributed by atoms with Crippen LogP contribution in [-0.4, -0.2) is 27.7 Å². The lowest BCUT2D eigenvalue weighted by Crippen LogP contribution is -2.46. The first-order valence-corrected chi connectivity index (χ1v) is 11.1. The van der Waals surface area contributed by atoms with E-state index in [9.17, 15) is 23.2 Å². The number of rotatable bonds is 6. The predicted molar refractivity (Wildman–Crippen MR) is 119 cm³/mol. The molecule has 9 nitrogen and oxygen atoms in total. The Bertz CT molecular complexity index is 1280. The number of hydrogen-bond acceptors (Lipinski definition) is 6. The third-order valence-electron chi connectivity index (χ3n) is 6.45. The van der Waals surface area contributed by atoms with Gasteiger partial charge in [-0.25, -0.2) is 8.78 Å². The fourth-order valence-corrected chi connectivity index (χ4v) is 4.76. The lowest BCUT2D eigenvalue weighted by Gasteiger charge is -2.18. The summed E-state index contributed by atoms with van der Waals surface area (Å²) in [4.78, 5) is 39.2. The van der Waals surface area contributed by atoms with Gasteiger partial charge in [0.2, 0.25) is 0 Å². The summed E-state index contributed by atoms with van der Waals surface area (Å²) in [7, 11) is 0. The molecule has 1 fully saturated rings. The smallest absolute Gasteiger partial charge is 0.293 e. The van der Waals surface area contributed by atoms with Crippen LogP contribution in [-0.2, 0) is 17.8 Å². The molecule has 2 aliphatic heterocycles. The van der Waals surface area contributed by atoms with Crippen molar-refractivity contribution in [3.05, 3.63) is 63.2 Å². The number of aromatic nitrogens is 1. The van der Waals surface area contributed by atoms with Crippen molar-refractivity contribution >= 4 is 34.9 Å². The number of hydrazine groups is 2. The Labute approximate surface area is 197 Å². The Hall–Kier alpha value is -3.44. The molecule has 0 atom stereocenters. The van der Waals surface area contributed by atoms with Gasteiger partial charge in [-0.2, -0.15) is 5.53 Å². The second-order valence-corrected chi connectivity index (χ2v) is 8.92. The van der Waals surface area contributed by atoms with E-state index >= 15 is 0 Å². The first-order chi connectivity index (χ1) is 16.2. The van der Waals surface area contributed by atoms with Gasteiger partial charge in [0.1, 0.15) is 16.5 Å². The number of carbonyl (C=O) groups excluding carboxylic acids is 3. The van der Waals surface area contributed by atoms with Crippen LogP contribution < -0.4 is 27.0 Å². The Morgan fingerprint density at radius 3 is 2.65 bits per heavy atom. The Balaban J connectivity index is 1.43. The van der Waals surface area contributed by atoms with Gasteiger partial charge < -0.3 is 26.1 Å². The molecule has 2 aromatic rings. The van der Waals surface area contributed by atoms with Gasteiger partial charge in [-0.05, 0) is 50.3 Å². The standard InChI is InChI=1S/C22H21ClF2N6O3/c1-10-15(19(32)21(34)28-22(6-7-22)14-9-26-30-29-14)13-3-2-8-31(13)18(10)20(33)27-12-5-4-11(24)16(23)17(12)25/h4-5,9,26,29-30H,2-3,6-8H2,1H3,(H,27,33)(H,28,34). The van der Waals surface area contributed by atoms with Gasteiger partial charge in [-0.3, -0.25) is 14.4 Å². The Morgan fingerprint density at radius 2 is 1.97 bits per heavy atom. The van der Waals surface area contributed by atoms with Gasteiger partial charge in [-0.15, -0.1) is 0 Å². The SMILES string of the molecule is Cc1c(C(=O)C(=O)NC2(C3=CNNN3)CC2)c2n(c1C(=O)Nc1ccc(F)c(Cl)c1F)CCC2. The molecule has 0 bridgehead atoms. The number of ketones is 1.